The third-order valence-electron chi connectivity index (χ3n) is 0.839. The average Bonchev–Trinajstić information content (AvgIpc) is 1.97. The third-order valence-corrected chi connectivity index (χ3v) is 2.15. The number of hydrogen-bond acceptors (Lipinski definition) is 7. The molecule has 0 aliphatic rings. The maximum atomic E-state index is 10.4. The van der Waals surface area contributed by atoms with Gasteiger partial charge in [0.05, 0.1) is 0 Å². The molecule has 0 saturated heterocycles. The highest BCUT2D eigenvalue weighted by Crippen LogP contribution is 1.94. The molecule has 9 nitrogen and oxygen atoms in total. The zero-order chi connectivity index (χ0) is 11.7. The lowest BCUT2D eigenvalue weighted by Crippen LogP contribution is -2.34. The van der Waals surface area contributed by atoms with E-state index in [1.54, 1.807) is 0 Å². The summed E-state index contributed by atoms with van der Waals surface area (Å²) in [7, 11) is -11.0. The number of rotatable bonds is 2. The molecular weight excluding hydrogens is 244 g/mol. The summed E-state index contributed by atoms with van der Waals surface area (Å²) < 4.78 is 55.7. The second-order valence-electron chi connectivity index (χ2n) is 1.85. The van der Waals surface area contributed by atoms with Gasteiger partial charge in [0.15, 0.2) is 0 Å². The fraction of sp³-hybridized carbons (Fsp3) is 0. The normalized spacial score (nSPS) is 12.1. The van der Waals surface area contributed by atoms with E-state index in [2.05, 4.69) is 0 Å². The summed E-state index contributed by atoms with van der Waals surface area (Å²) in [6.45, 7) is 0. The minimum Gasteiger partial charge on any atom is -0.279 e. The summed E-state index contributed by atoms with van der Waals surface area (Å²) in [5.74, 6) is -2.56. The Morgan fingerprint density at radius 1 is 0.714 bits per heavy atom. The summed E-state index contributed by atoms with van der Waals surface area (Å²) in [6, 6.07) is 0. The molecule has 0 bridgehead atoms. The Morgan fingerprint density at radius 3 is 1.07 bits per heavy atom. The molecule has 0 heterocycles. The lowest BCUT2D eigenvalue weighted by Gasteiger charge is -1.92. The van der Waals surface area contributed by atoms with Gasteiger partial charge in [0.2, 0.25) is 0 Å². The Hall–Kier alpha value is -1.17. The van der Waals surface area contributed by atoms with Crippen LogP contribution in [0.15, 0.2) is 0 Å². The van der Waals surface area contributed by atoms with Crippen LogP contribution in [0.25, 0.3) is 0 Å². The Balaban J connectivity index is 5.25. The van der Waals surface area contributed by atoms with Crippen molar-refractivity contribution in [3.8, 4) is 0 Å². The van der Waals surface area contributed by atoms with E-state index < -0.39 is 36.3 Å². The van der Waals surface area contributed by atoms with Crippen LogP contribution in [-0.2, 0) is 34.6 Å². The number of carbonyl (C=O) groups is 3. The Labute approximate surface area is 77.2 Å². The van der Waals surface area contributed by atoms with Gasteiger partial charge in [-0.3, -0.25) is 23.5 Å². The molecule has 0 unspecified atom stereocenters. The standard InChI is InChI=1S/C3H2O9S2/c4-1(2(5)13(7,8)9)3(6)14(10,11)12/h(H,7,8,9)(H,10,11,12). The van der Waals surface area contributed by atoms with E-state index in [1.807, 2.05) is 0 Å². The summed E-state index contributed by atoms with van der Waals surface area (Å²) in [5, 5.41) is -5.25. The zero-order valence-corrected chi connectivity index (χ0v) is 7.70. The molecule has 2 N–H and O–H groups in total. The molecule has 0 atom stereocenters. The molecular formula is C3H2O9S2. The van der Waals surface area contributed by atoms with Crippen LogP contribution in [0.3, 0.4) is 0 Å². The second kappa shape index (κ2) is 3.53. The van der Waals surface area contributed by atoms with Gasteiger partial charge in [-0.1, -0.05) is 0 Å². The van der Waals surface area contributed by atoms with Gasteiger partial charge in [0.1, 0.15) is 0 Å². The van der Waals surface area contributed by atoms with Crippen molar-refractivity contribution in [2.24, 2.45) is 0 Å². The molecule has 80 valence electrons. The van der Waals surface area contributed by atoms with Gasteiger partial charge in [0.25, 0.3) is 0 Å². The molecule has 0 aliphatic carbocycles. The fourth-order valence-electron chi connectivity index (χ4n) is 0.318. The maximum absolute atomic E-state index is 10.4. The van der Waals surface area contributed by atoms with E-state index in [1.165, 1.54) is 0 Å². The van der Waals surface area contributed by atoms with Gasteiger partial charge in [-0.25, -0.2) is 0 Å². The van der Waals surface area contributed by atoms with Crippen LogP contribution in [0.2, 0.25) is 0 Å². The van der Waals surface area contributed by atoms with Gasteiger partial charge in [-0.15, -0.1) is 0 Å². The molecule has 0 rings (SSSR count). The number of Topliss-reactive ketones (excluding diaryl/α,β-unsaturated/α-hetero) is 1. The first-order valence-corrected chi connectivity index (χ1v) is 5.43. The highest BCUT2D eigenvalue weighted by atomic mass is 32.2. The SMILES string of the molecule is O=C(C(=O)S(=O)(=O)O)C(=O)S(=O)(=O)O. The van der Waals surface area contributed by atoms with Crippen LogP contribution >= 0.6 is 0 Å². The third kappa shape index (κ3) is 2.95. The predicted octanol–water partition coefficient (Wildman–Crippen LogP) is -2.62. The van der Waals surface area contributed by atoms with Crippen LogP contribution in [0.5, 0.6) is 0 Å². The van der Waals surface area contributed by atoms with E-state index in [0.29, 0.717) is 0 Å². The number of ketones is 1. The quantitative estimate of drug-likeness (QED) is 0.302. The van der Waals surface area contributed by atoms with E-state index >= 15 is 0 Å². The van der Waals surface area contributed by atoms with Gasteiger partial charge in [0, 0.05) is 0 Å². The van der Waals surface area contributed by atoms with Crippen molar-refractivity contribution in [3.63, 3.8) is 0 Å². The lowest BCUT2D eigenvalue weighted by molar-refractivity contribution is -0.138. The maximum Gasteiger partial charge on any atom is 0.348 e. The van der Waals surface area contributed by atoms with Gasteiger partial charge >= 0.3 is 36.3 Å². The fourth-order valence-corrected chi connectivity index (χ4v) is 1.04. The van der Waals surface area contributed by atoms with Crippen LogP contribution in [0, 0.1) is 0 Å². The van der Waals surface area contributed by atoms with Crippen molar-refractivity contribution >= 4 is 36.3 Å². The summed E-state index contributed by atoms with van der Waals surface area (Å²) in [4.78, 5) is 30.9. The Kier molecular flexibility index (Phi) is 3.23. The second-order valence-corrected chi connectivity index (χ2v) is 4.50. The molecule has 0 aromatic carbocycles. The molecule has 0 aromatic heterocycles. The first-order chi connectivity index (χ1) is 5.98. The molecule has 11 heteroatoms. The molecule has 0 radical (unpaired) electrons. The monoisotopic (exact) mass is 246 g/mol. The highest BCUT2D eigenvalue weighted by molar-refractivity contribution is 8.07. The van der Waals surface area contributed by atoms with Crippen LogP contribution in [-0.4, -0.2) is 42.0 Å². The first kappa shape index (κ1) is 12.8. The summed E-state index contributed by atoms with van der Waals surface area (Å²) in [5.41, 5.74) is 0. The molecule has 0 spiro atoms. The largest absolute Gasteiger partial charge is 0.348 e. The molecule has 0 aliphatic heterocycles. The van der Waals surface area contributed by atoms with Crippen LogP contribution in [0.1, 0.15) is 0 Å². The number of hydrogen-bond donors (Lipinski definition) is 2. The smallest absolute Gasteiger partial charge is 0.279 e. The van der Waals surface area contributed by atoms with Gasteiger partial charge in [-0.2, -0.15) is 16.8 Å². The predicted molar refractivity (Wildman–Crippen MR) is 38.1 cm³/mol. The molecule has 0 amide bonds. The summed E-state index contributed by atoms with van der Waals surface area (Å²) in [6.07, 6.45) is 0. The van der Waals surface area contributed by atoms with E-state index in [-0.39, 0.29) is 0 Å². The lowest BCUT2D eigenvalue weighted by atomic mass is 10.5. The van der Waals surface area contributed by atoms with Crippen molar-refractivity contribution in [3.05, 3.63) is 0 Å². The van der Waals surface area contributed by atoms with Crippen molar-refractivity contribution in [2.75, 3.05) is 0 Å². The van der Waals surface area contributed by atoms with Crippen molar-refractivity contribution in [1.29, 1.82) is 0 Å². The Bertz CT molecular complexity index is 444. The zero-order valence-electron chi connectivity index (χ0n) is 6.07. The molecule has 0 fully saturated rings. The first-order valence-electron chi connectivity index (χ1n) is 2.55. The van der Waals surface area contributed by atoms with Crippen LogP contribution < -0.4 is 0 Å². The van der Waals surface area contributed by atoms with E-state index in [4.69, 9.17) is 9.11 Å². The summed E-state index contributed by atoms with van der Waals surface area (Å²) >= 11 is 0. The Morgan fingerprint density at radius 2 is 0.929 bits per heavy atom. The van der Waals surface area contributed by atoms with E-state index in [9.17, 15) is 31.2 Å². The molecule has 0 saturated carbocycles. The average molecular weight is 246 g/mol. The minimum absolute atomic E-state index is 2.56. The minimum atomic E-state index is -5.49. The highest BCUT2D eigenvalue weighted by Gasteiger charge is 2.38. The van der Waals surface area contributed by atoms with Gasteiger partial charge < -0.3 is 0 Å². The van der Waals surface area contributed by atoms with Crippen LogP contribution in [0.4, 0.5) is 0 Å². The van der Waals surface area contributed by atoms with Gasteiger partial charge in [-0.05, 0) is 0 Å². The number of carbonyl (C=O) groups excluding carboxylic acids is 3. The van der Waals surface area contributed by atoms with E-state index in [0.717, 1.165) is 0 Å². The molecule has 0 aromatic rings. The van der Waals surface area contributed by atoms with Crippen molar-refractivity contribution in [1.82, 2.24) is 0 Å². The van der Waals surface area contributed by atoms with Crippen molar-refractivity contribution < 1.29 is 40.3 Å². The molecule has 14 heavy (non-hydrogen) atoms. The van der Waals surface area contributed by atoms with Crippen molar-refractivity contribution in [2.45, 2.75) is 0 Å². The topological polar surface area (TPSA) is 160 Å².